The highest BCUT2D eigenvalue weighted by Gasteiger charge is 2.28. The van der Waals surface area contributed by atoms with Crippen LogP contribution >= 0.6 is 23.5 Å². The lowest BCUT2D eigenvalue weighted by Gasteiger charge is -2.22. The predicted molar refractivity (Wildman–Crippen MR) is 62.4 cm³/mol. The van der Waals surface area contributed by atoms with E-state index in [1.807, 2.05) is 10.8 Å². The van der Waals surface area contributed by atoms with E-state index in [2.05, 4.69) is 0 Å². The molecular formula is C9H10N2O4S2. The van der Waals surface area contributed by atoms with Crippen molar-refractivity contribution in [1.82, 2.24) is 0 Å². The Balaban J connectivity index is 4.67. The number of nitrogens with zero attached hydrogens (tertiary/aromatic N) is 2. The van der Waals surface area contributed by atoms with E-state index in [9.17, 15) is 9.59 Å². The first-order chi connectivity index (χ1) is 8.01. The minimum Gasteiger partial charge on any atom is -0.424 e. The van der Waals surface area contributed by atoms with Gasteiger partial charge in [0.1, 0.15) is 16.1 Å². The first-order valence-electron chi connectivity index (χ1n) is 4.41. The van der Waals surface area contributed by atoms with Crippen LogP contribution in [0.15, 0.2) is 0 Å². The molecule has 8 heteroatoms. The summed E-state index contributed by atoms with van der Waals surface area (Å²) in [6.07, 6.45) is -1.16. The van der Waals surface area contributed by atoms with Gasteiger partial charge in [0.05, 0.1) is 0 Å². The molecule has 0 radical (unpaired) electrons. The number of carbonyl (C=O) groups is 2. The normalized spacial score (nSPS) is 11.1. The molecular weight excluding hydrogens is 264 g/mol. The summed E-state index contributed by atoms with van der Waals surface area (Å²) in [5.74, 6) is -1.04. The second-order valence-corrected chi connectivity index (χ2v) is 4.57. The summed E-state index contributed by atoms with van der Waals surface area (Å²) in [5, 5.41) is 20.1. The monoisotopic (exact) mass is 274 g/mol. The van der Waals surface area contributed by atoms with Crippen LogP contribution in [0.25, 0.3) is 0 Å². The van der Waals surface area contributed by atoms with E-state index < -0.39 is 23.5 Å². The number of ether oxygens (including phenoxy) is 2. The molecule has 0 heterocycles. The van der Waals surface area contributed by atoms with Crippen molar-refractivity contribution in [2.24, 2.45) is 0 Å². The van der Waals surface area contributed by atoms with Gasteiger partial charge in [-0.05, 0) is 23.5 Å². The number of rotatable bonds is 6. The molecule has 0 aliphatic carbocycles. The van der Waals surface area contributed by atoms with Crippen LogP contribution < -0.4 is 0 Å². The Morgan fingerprint density at radius 2 is 1.71 bits per heavy atom. The summed E-state index contributed by atoms with van der Waals surface area (Å²) in [5.41, 5.74) is 0. The summed E-state index contributed by atoms with van der Waals surface area (Å²) in [6.45, 7) is 2.34. The molecule has 0 aromatic carbocycles. The predicted octanol–water partition coefficient (Wildman–Crippen LogP) is 1.24. The van der Waals surface area contributed by atoms with Crippen LogP contribution in [0.5, 0.6) is 0 Å². The van der Waals surface area contributed by atoms with Gasteiger partial charge >= 0.3 is 11.9 Å². The lowest BCUT2D eigenvalue weighted by atomic mass is 10.4. The first-order valence-corrected chi connectivity index (χ1v) is 6.27. The average Bonchev–Trinajstić information content (AvgIpc) is 2.22. The Labute approximate surface area is 107 Å². The molecule has 0 saturated heterocycles. The minimum atomic E-state index is -1.16. The number of thioether (sulfide) groups is 2. The minimum absolute atomic E-state index is 0.208. The summed E-state index contributed by atoms with van der Waals surface area (Å²) in [7, 11) is 0. The molecule has 0 aromatic heterocycles. The molecule has 0 saturated carbocycles. The number of hydrogen-bond donors (Lipinski definition) is 0. The maximum atomic E-state index is 10.8. The Kier molecular flexibility index (Phi) is 8.03. The molecule has 17 heavy (non-hydrogen) atoms. The Morgan fingerprint density at radius 3 is 2.06 bits per heavy atom. The van der Waals surface area contributed by atoms with E-state index in [1.54, 1.807) is 0 Å². The van der Waals surface area contributed by atoms with Gasteiger partial charge in [-0.15, -0.1) is 0 Å². The Bertz CT molecular complexity index is 345. The van der Waals surface area contributed by atoms with Crippen molar-refractivity contribution in [2.75, 3.05) is 5.75 Å². The fourth-order valence-corrected chi connectivity index (χ4v) is 2.09. The van der Waals surface area contributed by atoms with Gasteiger partial charge < -0.3 is 9.47 Å². The molecule has 6 nitrogen and oxygen atoms in total. The number of nitriles is 2. The SMILES string of the molecule is CC(=O)OC(OC(C)=O)[C@@H](CSC#N)SC#N. The lowest BCUT2D eigenvalue weighted by molar-refractivity contribution is -0.183. The third-order valence-corrected chi connectivity index (χ3v) is 3.05. The van der Waals surface area contributed by atoms with E-state index in [-0.39, 0.29) is 5.75 Å². The molecule has 0 aromatic rings. The molecule has 92 valence electrons. The lowest BCUT2D eigenvalue weighted by Crippen LogP contribution is -2.34. The van der Waals surface area contributed by atoms with Crippen LogP contribution in [0.1, 0.15) is 13.8 Å². The summed E-state index contributed by atoms with van der Waals surface area (Å²) in [4.78, 5) is 21.7. The highest BCUT2D eigenvalue weighted by Crippen LogP contribution is 2.21. The molecule has 0 aliphatic heterocycles. The quantitative estimate of drug-likeness (QED) is 0.405. The van der Waals surface area contributed by atoms with Crippen LogP contribution in [-0.4, -0.2) is 29.2 Å². The van der Waals surface area contributed by atoms with Crippen LogP contribution in [0.4, 0.5) is 0 Å². The maximum absolute atomic E-state index is 10.8. The highest BCUT2D eigenvalue weighted by molar-refractivity contribution is 8.07. The van der Waals surface area contributed by atoms with Gasteiger partial charge in [-0.2, -0.15) is 10.5 Å². The van der Waals surface area contributed by atoms with Gasteiger partial charge in [0, 0.05) is 19.6 Å². The number of carbonyl (C=O) groups excluding carboxylic acids is 2. The van der Waals surface area contributed by atoms with Crippen LogP contribution in [0.2, 0.25) is 0 Å². The van der Waals surface area contributed by atoms with Crippen molar-refractivity contribution >= 4 is 35.5 Å². The number of thiocyanates is 2. The molecule has 0 fully saturated rings. The fourth-order valence-electron chi connectivity index (χ4n) is 0.858. The molecule has 0 bridgehead atoms. The van der Waals surface area contributed by atoms with Crippen molar-refractivity contribution in [2.45, 2.75) is 25.4 Å². The van der Waals surface area contributed by atoms with Crippen molar-refractivity contribution in [3.63, 3.8) is 0 Å². The molecule has 1 atom stereocenters. The summed E-state index contributed by atoms with van der Waals surface area (Å²) >= 11 is 1.68. The van der Waals surface area contributed by atoms with E-state index in [1.165, 1.54) is 13.8 Å². The Hall–Kier alpha value is -1.38. The molecule has 0 N–H and O–H groups in total. The molecule has 0 rings (SSSR count). The van der Waals surface area contributed by atoms with Gasteiger partial charge in [0.25, 0.3) is 6.29 Å². The van der Waals surface area contributed by atoms with Gasteiger partial charge in [0.15, 0.2) is 0 Å². The second-order valence-electron chi connectivity index (χ2n) is 2.74. The molecule has 0 aliphatic rings. The zero-order valence-electron chi connectivity index (χ0n) is 9.21. The largest absolute Gasteiger partial charge is 0.424 e. The average molecular weight is 274 g/mol. The van der Waals surface area contributed by atoms with Gasteiger partial charge in [0.2, 0.25) is 0 Å². The Morgan fingerprint density at radius 1 is 1.18 bits per heavy atom. The highest BCUT2D eigenvalue weighted by atomic mass is 32.2. The van der Waals surface area contributed by atoms with Crippen molar-refractivity contribution in [3.8, 4) is 10.8 Å². The topological polar surface area (TPSA) is 100 Å². The standard InChI is InChI=1S/C9H10N2O4S2/c1-6(12)14-9(15-7(2)13)8(17-5-11)3-16-4-10/h8-9H,3H2,1-2H3/t8-/m1/s1. The fraction of sp³-hybridized carbons (Fsp3) is 0.556. The van der Waals surface area contributed by atoms with E-state index >= 15 is 0 Å². The van der Waals surface area contributed by atoms with E-state index in [0.29, 0.717) is 0 Å². The first kappa shape index (κ1) is 15.6. The second kappa shape index (κ2) is 8.74. The molecule has 0 amide bonds. The summed E-state index contributed by atoms with van der Waals surface area (Å²) in [6, 6.07) is 0. The molecule has 0 unspecified atom stereocenters. The van der Waals surface area contributed by atoms with Crippen LogP contribution in [-0.2, 0) is 19.1 Å². The van der Waals surface area contributed by atoms with Crippen molar-refractivity contribution in [1.29, 1.82) is 10.5 Å². The van der Waals surface area contributed by atoms with Gasteiger partial charge in [-0.3, -0.25) is 9.59 Å². The van der Waals surface area contributed by atoms with E-state index in [0.717, 1.165) is 23.5 Å². The third kappa shape index (κ3) is 7.50. The third-order valence-electron chi connectivity index (χ3n) is 1.38. The van der Waals surface area contributed by atoms with Gasteiger partial charge in [-0.1, -0.05) is 0 Å². The number of esters is 2. The van der Waals surface area contributed by atoms with Crippen LogP contribution in [0, 0.1) is 21.3 Å². The van der Waals surface area contributed by atoms with E-state index in [4.69, 9.17) is 20.0 Å². The van der Waals surface area contributed by atoms with Gasteiger partial charge in [-0.25, -0.2) is 0 Å². The van der Waals surface area contributed by atoms with Crippen LogP contribution in [0.3, 0.4) is 0 Å². The van der Waals surface area contributed by atoms with Crippen molar-refractivity contribution < 1.29 is 19.1 Å². The molecule has 0 spiro atoms. The smallest absolute Gasteiger partial charge is 0.305 e. The zero-order chi connectivity index (χ0) is 13.3. The zero-order valence-corrected chi connectivity index (χ0v) is 10.8. The maximum Gasteiger partial charge on any atom is 0.305 e. The van der Waals surface area contributed by atoms with Crippen molar-refractivity contribution in [3.05, 3.63) is 0 Å². The number of hydrogen-bond acceptors (Lipinski definition) is 8. The summed E-state index contributed by atoms with van der Waals surface area (Å²) < 4.78 is 9.59.